The molecular weight excluding hydrogens is 554 g/mol. The zero-order valence-corrected chi connectivity index (χ0v) is 28.1. The van der Waals surface area contributed by atoms with Gasteiger partial charge in [-0.15, -0.1) is 0 Å². The number of esters is 1. The Labute approximate surface area is 264 Å². The predicted octanol–water partition coefficient (Wildman–Crippen LogP) is 6.08. The quantitative estimate of drug-likeness (QED) is 0.225. The van der Waals surface area contributed by atoms with Crippen molar-refractivity contribution in [3.8, 4) is 11.1 Å². The molecule has 0 radical (unpaired) electrons. The van der Waals surface area contributed by atoms with E-state index in [0.29, 0.717) is 31.2 Å². The Morgan fingerprint density at radius 3 is 1.80 bits per heavy atom. The van der Waals surface area contributed by atoms with Gasteiger partial charge in [-0.2, -0.15) is 0 Å². The third-order valence-electron chi connectivity index (χ3n) is 7.69. The van der Waals surface area contributed by atoms with Crippen LogP contribution in [-0.2, 0) is 25.5 Å². The molecule has 0 saturated heterocycles. The molecule has 0 aliphatic rings. The maximum Gasteiger partial charge on any atom is 0.309 e. The standard InChI is InChI=1S/C36H53N3O5/c1-10-11-12-29(34(43)44-36(5,6)7)23-28(32(41)39-30(33(42)38-9)35(2,3)4)18-15-24-13-16-25(17-14-24)26-19-21-27(22-20-26)31(40)37-8/h13-14,16-17,19-22,28-30H,10-12,15,18,23H2,1-9H3,(H,37,40)(H,38,42)(H,39,41)/t28-,29+,30-/m1/s1. The second kappa shape index (κ2) is 16.4. The van der Waals surface area contributed by atoms with Crippen molar-refractivity contribution in [1.82, 2.24) is 16.0 Å². The Morgan fingerprint density at radius 2 is 1.32 bits per heavy atom. The van der Waals surface area contributed by atoms with Gasteiger partial charge in [0.25, 0.3) is 5.91 Å². The Balaban J connectivity index is 2.29. The van der Waals surface area contributed by atoms with Crippen molar-refractivity contribution in [2.75, 3.05) is 14.1 Å². The Kier molecular flexibility index (Phi) is 13.6. The van der Waals surface area contributed by atoms with Crippen LogP contribution in [0.2, 0.25) is 0 Å². The van der Waals surface area contributed by atoms with Crippen LogP contribution in [0, 0.1) is 17.3 Å². The predicted molar refractivity (Wildman–Crippen MR) is 176 cm³/mol. The van der Waals surface area contributed by atoms with E-state index in [1.165, 1.54) is 0 Å². The number of unbranched alkanes of at least 4 members (excludes halogenated alkanes) is 1. The van der Waals surface area contributed by atoms with E-state index in [0.717, 1.165) is 29.5 Å². The molecule has 8 heteroatoms. The minimum absolute atomic E-state index is 0.127. The van der Waals surface area contributed by atoms with Crippen molar-refractivity contribution in [3.63, 3.8) is 0 Å². The van der Waals surface area contributed by atoms with E-state index in [1.807, 2.05) is 77.9 Å². The number of hydrogen-bond donors (Lipinski definition) is 3. The lowest BCUT2D eigenvalue weighted by Crippen LogP contribution is -2.54. The van der Waals surface area contributed by atoms with Crippen molar-refractivity contribution >= 4 is 23.7 Å². The van der Waals surface area contributed by atoms with Crippen LogP contribution in [0.15, 0.2) is 48.5 Å². The van der Waals surface area contributed by atoms with Crippen LogP contribution < -0.4 is 16.0 Å². The first kappa shape index (κ1) is 36.5. The van der Waals surface area contributed by atoms with Gasteiger partial charge in [0.05, 0.1) is 5.92 Å². The van der Waals surface area contributed by atoms with Crippen molar-refractivity contribution in [3.05, 3.63) is 59.7 Å². The normalized spacial score (nSPS) is 13.8. The van der Waals surface area contributed by atoms with E-state index in [-0.39, 0.29) is 23.7 Å². The molecule has 0 heterocycles. The van der Waals surface area contributed by atoms with Gasteiger partial charge in [0.2, 0.25) is 11.8 Å². The Bertz CT molecular complexity index is 1240. The number of rotatable bonds is 14. The number of carbonyl (C=O) groups is 4. The highest BCUT2D eigenvalue weighted by molar-refractivity contribution is 5.94. The second-order valence-electron chi connectivity index (χ2n) is 13.6. The fourth-order valence-electron chi connectivity index (χ4n) is 5.11. The van der Waals surface area contributed by atoms with Crippen molar-refractivity contribution in [2.45, 2.75) is 98.6 Å². The number of aryl methyl sites for hydroxylation is 1. The third-order valence-corrected chi connectivity index (χ3v) is 7.69. The molecule has 0 unspecified atom stereocenters. The molecule has 3 N–H and O–H groups in total. The van der Waals surface area contributed by atoms with Crippen molar-refractivity contribution < 1.29 is 23.9 Å². The summed E-state index contributed by atoms with van der Waals surface area (Å²) in [6.45, 7) is 13.4. The highest BCUT2D eigenvalue weighted by Crippen LogP contribution is 2.28. The van der Waals surface area contributed by atoms with Gasteiger partial charge in [-0.3, -0.25) is 19.2 Å². The summed E-state index contributed by atoms with van der Waals surface area (Å²) in [5, 5.41) is 8.31. The van der Waals surface area contributed by atoms with Gasteiger partial charge in [-0.1, -0.05) is 76.9 Å². The summed E-state index contributed by atoms with van der Waals surface area (Å²) in [6.07, 6.45) is 3.92. The van der Waals surface area contributed by atoms with E-state index in [1.54, 1.807) is 26.2 Å². The fraction of sp³-hybridized carbons (Fsp3) is 0.556. The molecule has 0 aromatic heterocycles. The highest BCUT2D eigenvalue weighted by Gasteiger charge is 2.36. The molecule has 8 nitrogen and oxygen atoms in total. The zero-order chi connectivity index (χ0) is 33.1. The van der Waals surface area contributed by atoms with Gasteiger partial charge in [-0.25, -0.2) is 0 Å². The zero-order valence-electron chi connectivity index (χ0n) is 28.1. The number of amides is 3. The summed E-state index contributed by atoms with van der Waals surface area (Å²) in [5.74, 6) is -1.80. The first-order valence-corrected chi connectivity index (χ1v) is 15.8. The number of nitrogens with one attached hydrogen (secondary N) is 3. The van der Waals surface area contributed by atoms with E-state index < -0.39 is 28.9 Å². The van der Waals surface area contributed by atoms with Gasteiger partial charge < -0.3 is 20.7 Å². The molecular formula is C36H53N3O5. The highest BCUT2D eigenvalue weighted by atomic mass is 16.6. The van der Waals surface area contributed by atoms with Gasteiger partial charge in [0, 0.05) is 25.6 Å². The molecule has 0 aliphatic carbocycles. The molecule has 0 aliphatic heterocycles. The van der Waals surface area contributed by atoms with Crippen LogP contribution in [0.25, 0.3) is 11.1 Å². The average Bonchev–Trinajstić information content (AvgIpc) is 2.97. The molecule has 2 aromatic rings. The molecule has 44 heavy (non-hydrogen) atoms. The maximum atomic E-state index is 13.8. The van der Waals surface area contributed by atoms with Gasteiger partial charge in [-0.05, 0) is 80.7 Å². The summed E-state index contributed by atoms with van der Waals surface area (Å²) in [4.78, 5) is 51.7. The second-order valence-corrected chi connectivity index (χ2v) is 13.6. The smallest absolute Gasteiger partial charge is 0.309 e. The van der Waals surface area contributed by atoms with Gasteiger partial charge in [0.15, 0.2) is 0 Å². The molecule has 0 bridgehead atoms. The molecule has 2 aromatic carbocycles. The maximum absolute atomic E-state index is 13.8. The van der Waals surface area contributed by atoms with E-state index in [2.05, 4.69) is 22.9 Å². The average molecular weight is 608 g/mol. The third kappa shape index (κ3) is 11.4. The molecule has 2 rings (SSSR count). The molecule has 242 valence electrons. The minimum Gasteiger partial charge on any atom is -0.460 e. The SMILES string of the molecule is CCCC[C@@H](C[C@@H](CCc1ccc(-c2ccc(C(=O)NC)cc2)cc1)C(=O)N[C@H](C(=O)NC)C(C)(C)C)C(=O)OC(C)(C)C. The summed E-state index contributed by atoms with van der Waals surface area (Å²) in [5.41, 5.74) is 2.57. The lowest BCUT2D eigenvalue weighted by molar-refractivity contribution is -0.161. The van der Waals surface area contributed by atoms with Crippen LogP contribution in [0.1, 0.15) is 96.5 Å². The van der Waals surface area contributed by atoms with Crippen molar-refractivity contribution in [2.24, 2.45) is 17.3 Å². The topological polar surface area (TPSA) is 114 Å². The summed E-state index contributed by atoms with van der Waals surface area (Å²) >= 11 is 0. The largest absolute Gasteiger partial charge is 0.460 e. The number of hydrogen-bond acceptors (Lipinski definition) is 5. The van der Waals surface area contributed by atoms with E-state index in [4.69, 9.17) is 4.74 Å². The van der Waals surface area contributed by atoms with E-state index in [9.17, 15) is 19.2 Å². The molecule has 0 saturated carbocycles. The fourth-order valence-corrected chi connectivity index (χ4v) is 5.11. The monoisotopic (exact) mass is 607 g/mol. The number of ether oxygens (including phenoxy) is 1. The number of likely N-dealkylation sites (N-methyl/N-ethyl adjacent to an activating group) is 1. The van der Waals surface area contributed by atoms with Crippen LogP contribution in [0.5, 0.6) is 0 Å². The van der Waals surface area contributed by atoms with Gasteiger partial charge in [0.1, 0.15) is 11.6 Å². The summed E-state index contributed by atoms with van der Waals surface area (Å²) in [7, 11) is 3.17. The van der Waals surface area contributed by atoms with Crippen LogP contribution >= 0.6 is 0 Å². The number of benzene rings is 2. The summed E-state index contributed by atoms with van der Waals surface area (Å²) < 4.78 is 5.76. The summed E-state index contributed by atoms with van der Waals surface area (Å²) in [6, 6.07) is 14.9. The molecule has 3 amide bonds. The molecule has 3 atom stereocenters. The van der Waals surface area contributed by atoms with Crippen molar-refractivity contribution in [1.29, 1.82) is 0 Å². The lowest BCUT2D eigenvalue weighted by Gasteiger charge is -2.32. The molecule has 0 spiro atoms. The van der Waals surface area contributed by atoms with E-state index >= 15 is 0 Å². The first-order chi connectivity index (χ1) is 20.6. The number of carbonyl (C=O) groups excluding carboxylic acids is 4. The first-order valence-electron chi connectivity index (χ1n) is 15.8. The lowest BCUT2D eigenvalue weighted by atomic mass is 9.83. The van der Waals surface area contributed by atoms with Crippen LogP contribution in [0.3, 0.4) is 0 Å². The minimum atomic E-state index is -0.716. The van der Waals surface area contributed by atoms with Crippen LogP contribution in [0.4, 0.5) is 0 Å². The Hall–Kier alpha value is -3.68. The molecule has 0 fully saturated rings. The van der Waals surface area contributed by atoms with Gasteiger partial charge >= 0.3 is 5.97 Å². The van der Waals surface area contributed by atoms with Crippen LogP contribution in [-0.4, -0.2) is 49.4 Å². The Morgan fingerprint density at radius 1 is 0.750 bits per heavy atom.